The number of hydrogen-bond acceptors (Lipinski definition) is 4. The first-order valence-corrected chi connectivity index (χ1v) is 9.39. The minimum Gasteiger partial charge on any atom is -0.372 e. The van der Waals surface area contributed by atoms with E-state index in [2.05, 4.69) is 26.2 Å². The maximum absolute atomic E-state index is 12.0. The van der Waals surface area contributed by atoms with Gasteiger partial charge in [-0.2, -0.15) is 0 Å². The molecule has 0 amide bonds. The first-order chi connectivity index (χ1) is 9.95. The van der Waals surface area contributed by atoms with Gasteiger partial charge in [-0.15, -0.1) is 0 Å². The van der Waals surface area contributed by atoms with E-state index < -0.39 is 9.84 Å². The van der Waals surface area contributed by atoms with E-state index in [9.17, 15) is 8.42 Å². The molecule has 0 unspecified atom stereocenters. The Morgan fingerprint density at radius 3 is 2.90 bits per heavy atom. The summed E-state index contributed by atoms with van der Waals surface area (Å²) in [5.74, 6) is 0.904. The summed E-state index contributed by atoms with van der Waals surface area (Å²) >= 11 is 3.40. The lowest BCUT2D eigenvalue weighted by Crippen LogP contribution is -2.32. The summed E-state index contributed by atoms with van der Waals surface area (Å²) in [6.45, 7) is 2.31. The van der Waals surface area contributed by atoms with E-state index in [1.54, 1.807) is 6.20 Å². The van der Waals surface area contributed by atoms with Crippen LogP contribution in [0.25, 0.3) is 10.9 Å². The molecule has 5 nitrogen and oxygen atoms in total. The molecule has 1 N–H and O–H groups in total. The zero-order valence-electron chi connectivity index (χ0n) is 11.6. The van der Waals surface area contributed by atoms with Crippen LogP contribution >= 0.6 is 15.9 Å². The number of aromatic nitrogens is 1. The summed E-state index contributed by atoms with van der Waals surface area (Å²) < 4.78 is 26.8. The summed E-state index contributed by atoms with van der Waals surface area (Å²) in [7, 11) is -3.27. The molecule has 2 aromatic rings. The fourth-order valence-corrected chi connectivity index (χ4v) is 3.75. The molecular weight excluding hydrogens is 354 g/mol. The van der Waals surface area contributed by atoms with Crippen molar-refractivity contribution in [3.8, 4) is 0 Å². The Balaban J connectivity index is 2.13. The van der Waals surface area contributed by atoms with Crippen LogP contribution in [0.1, 0.15) is 6.42 Å². The van der Waals surface area contributed by atoms with Crippen molar-refractivity contribution < 1.29 is 8.42 Å². The highest BCUT2D eigenvalue weighted by Gasteiger charge is 2.18. The molecule has 3 rings (SSSR count). The van der Waals surface area contributed by atoms with E-state index in [1.165, 1.54) is 6.26 Å². The van der Waals surface area contributed by atoms with Crippen LogP contribution in [-0.4, -0.2) is 38.2 Å². The molecule has 1 aromatic heterocycles. The molecule has 112 valence electrons. The standard InChI is InChI=1S/C14H16BrN3O2S/c1-21(19,20)13-8-18(9-14-16-5-2-6-17-14)12-4-3-10(15)7-11(12)13/h3-4,7-8H,2,5-6,9H2,1H3,(H,16,17). The Bertz CT molecular complexity index is 824. The summed E-state index contributed by atoms with van der Waals surface area (Å²) in [6.07, 6.45) is 3.98. The third kappa shape index (κ3) is 2.98. The van der Waals surface area contributed by atoms with E-state index in [1.807, 2.05) is 22.8 Å². The predicted molar refractivity (Wildman–Crippen MR) is 87.7 cm³/mol. The third-order valence-corrected chi connectivity index (χ3v) is 5.11. The van der Waals surface area contributed by atoms with E-state index in [0.29, 0.717) is 11.4 Å². The molecule has 1 aromatic carbocycles. The number of amidine groups is 1. The minimum absolute atomic E-state index is 0.357. The van der Waals surface area contributed by atoms with Gasteiger partial charge in [0, 0.05) is 40.9 Å². The fourth-order valence-electron chi connectivity index (χ4n) is 2.51. The molecule has 1 aliphatic rings. The van der Waals surface area contributed by atoms with Gasteiger partial charge in [-0.05, 0) is 24.6 Å². The van der Waals surface area contributed by atoms with Crippen molar-refractivity contribution in [3.63, 3.8) is 0 Å². The highest BCUT2D eigenvalue weighted by Crippen LogP contribution is 2.28. The SMILES string of the molecule is CS(=O)(=O)c1cn(CC2=NCCCN2)c2ccc(Br)cc12. The number of nitrogens with one attached hydrogen (secondary N) is 1. The van der Waals surface area contributed by atoms with Crippen LogP contribution in [0.15, 0.2) is 38.8 Å². The van der Waals surface area contributed by atoms with Crippen molar-refractivity contribution in [3.05, 3.63) is 28.9 Å². The Kier molecular flexibility index (Phi) is 3.79. The Hall–Kier alpha value is -1.34. The lowest BCUT2D eigenvalue weighted by Gasteiger charge is -2.15. The summed E-state index contributed by atoms with van der Waals surface area (Å²) in [5.41, 5.74) is 0.897. The van der Waals surface area contributed by atoms with Gasteiger partial charge >= 0.3 is 0 Å². The van der Waals surface area contributed by atoms with Crippen molar-refractivity contribution in [1.29, 1.82) is 0 Å². The van der Waals surface area contributed by atoms with E-state index >= 15 is 0 Å². The lowest BCUT2D eigenvalue weighted by molar-refractivity contribution is 0.602. The quantitative estimate of drug-likeness (QED) is 0.901. The van der Waals surface area contributed by atoms with Crippen molar-refractivity contribution in [2.24, 2.45) is 4.99 Å². The van der Waals surface area contributed by atoms with Gasteiger partial charge < -0.3 is 9.88 Å². The maximum Gasteiger partial charge on any atom is 0.177 e. The first kappa shape index (κ1) is 14.6. The molecule has 0 spiro atoms. The zero-order chi connectivity index (χ0) is 15.0. The fraction of sp³-hybridized carbons (Fsp3) is 0.357. The van der Waals surface area contributed by atoms with Crippen LogP contribution in [0.5, 0.6) is 0 Å². The number of sulfone groups is 1. The number of benzene rings is 1. The van der Waals surface area contributed by atoms with Crippen molar-refractivity contribution >= 4 is 42.5 Å². The van der Waals surface area contributed by atoms with Crippen LogP contribution in [0, 0.1) is 0 Å². The largest absolute Gasteiger partial charge is 0.372 e. The number of fused-ring (bicyclic) bond motifs is 1. The topological polar surface area (TPSA) is 63.5 Å². The van der Waals surface area contributed by atoms with E-state index in [0.717, 1.165) is 40.7 Å². The summed E-state index contributed by atoms with van der Waals surface area (Å²) in [4.78, 5) is 4.80. The molecule has 2 heterocycles. The molecule has 0 saturated heterocycles. The second kappa shape index (κ2) is 5.46. The van der Waals surface area contributed by atoms with Crippen molar-refractivity contribution in [2.45, 2.75) is 17.9 Å². The number of nitrogens with zero attached hydrogens (tertiary/aromatic N) is 2. The van der Waals surface area contributed by atoms with Crippen LogP contribution in [-0.2, 0) is 16.4 Å². The Morgan fingerprint density at radius 1 is 1.43 bits per heavy atom. The lowest BCUT2D eigenvalue weighted by atomic mass is 10.2. The number of halogens is 1. The van der Waals surface area contributed by atoms with Gasteiger partial charge in [-0.1, -0.05) is 15.9 Å². The highest BCUT2D eigenvalue weighted by atomic mass is 79.9. The van der Waals surface area contributed by atoms with Gasteiger partial charge in [0.05, 0.1) is 11.4 Å². The number of aliphatic imine (C=N–C) groups is 1. The molecular formula is C14H16BrN3O2S. The van der Waals surface area contributed by atoms with E-state index in [-0.39, 0.29) is 0 Å². The average molecular weight is 370 g/mol. The van der Waals surface area contributed by atoms with Crippen LogP contribution in [0.3, 0.4) is 0 Å². The van der Waals surface area contributed by atoms with Gasteiger partial charge in [0.2, 0.25) is 0 Å². The van der Waals surface area contributed by atoms with Crippen LogP contribution < -0.4 is 5.32 Å². The molecule has 0 radical (unpaired) electrons. The summed E-state index contributed by atoms with van der Waals surface area (Å²) in [6, 6.07) is 5.69. The van der Waals surface area contributed by atoms with Crippen LogP contribution in [0.2, 0.25) is 0 Å². The number of hydrogen-bond donors (Lipinski definition) is 1. The number of rotatable bonds is 3. The van der Waals surface area contributed by atoms with Crippen LogP contribution in [0.4, 0.5) is 0 Å². The molecule has 0 aliphatic carbocycles. The maximum atomic E-state index is 12.0. The van der Waals surface area contributed by atoms with Crippen molar-refractivity contribution in [1.82, 2.24) is 9.88 Å². The second-order valence-electron chi connectivity index (χ2n) is 5.16. The van der Waals surface area contributed by atoms with Gasteiger partial charge in [-0.25, -0.2) is 8.42 Å². The predicted octanol–water partition coefficient (Wildman–Crippen LogP) is 2.20. The monoisotopic (exact) mass is 369 g/mol. The first-order valence-electron chi connectivity index (χ1n) is 6.71. The molecule has 0 saturated carbocycles. The van der Waals surface area contributed by atoms with Gasteiger partial charge in [0.15, 0.2) is 9.84 Å². The van der Waals surface area contributed by atoms with Crippen molar-refractivity contribution in [2.75, 3.05) is 19.3 Å². The average Bonchev–Trinajstić information content (AvgIpc) is 2.78. The zero-order valence-corrected chi connectivity index (χ0v) is 14.0. The molecule has 1 aliphatic heterocycles. The molecule has 21 heavy (non-hydrogen) atoms. The molecule has 0 bridgehead atoms. The highest BCUT2D eigenvalue weighted by molar-refractivity contribution is 9.10. The molecule has 0 fully saturated rings. The Morgan fingerprint density at radius 2 is 2.24 bits per heavy atom. The van der Waals surface area contributed by atoms with Gasteiger partial charge in [0.25, 0.3) is 0 Å². The minimum atomic E-state index is -3.27. The normalized spacial score (nSPS) is 15.8. The molecule has 7 heteroatoms. The smallest absolute Gasteiger partial charge is 0.177 e. The third-order valence-electron chi connectivity index (χ3n) is 3.49. The van der Waals surface area contributed by atoms with Gasteiger partial charge in [-0.3, -0.25) is 4.99 Å². The molecule has 0 atom stereocenters. The van der Waals surface area contributed by atoms with Gasteiger partial charge in [0.1, 0.15) is 5.84 Å². The second-order valence-corrected chi connectivity index (χ2v) is 8.06. The Labute approximate surface area is 132 Å². The van der Waals surface area contributed by atoms with E-state index in [4.69, 9.17) is 0 Å². The summed E-state index contributed by atoms with van der Waals surface area (Å²) in [5, 5.41) is 4.00.